The molecule has 3 heteroatoms. The van der Waals surface area contributed by atoms with Gasteiger partial charge in [-0.2, -0.15) is 0 Å². The predicted molar refractivity (Wildman–Crippen MR) is 75.5 cm³/mol. The van der Waals surface area contributed by atoms with Crippen molar-refractivity contribution >= 4 is 25.4 Å². The standard InChI is InChI=1S/C12H16NO.2CH3.Sn/c1-2-11-4-3-5-12(10-11)13-6-8-14-9-7-13;;;/h3-5,10H,1-2,6-9H2;2*1H3;. The van der Waals surface area contributed by atoms with Gasteiger partial charge < -0.3 is 0 Å². The number of rotatable bonds is 4. The van der Waals surface area contributed by atoms with Crippen LogP contribution in [-0.4, -0.2) is 46.1 Å². The molecule has 1 saturated heterocycles. The molecular formula is C14H22NOSn. The van der Waals surface area contributed by atoms with Crippen LogP contribution < -0.4 is 4.90 Å². The van der Waals surface area contributed by atoms with Crippen LogP contribution in [0.3, 0.4) is 0 Å². The van der Waals surface area contributed by atoms with E-state index in [9.17, 15) is 0 Å². The third-order valence-corrected chi connectivity index (χ3v) is 6.77. The normalized spacial score (nSPS) is 16.5. The van der Waals surface area contributed by atoms with E-state index >= 15 is 0 Å². The molecule has 1 aliphatic heterocycles. The van der Waals surface area contributed by atoms with Crippen LogP contribution in [0, 0.1) is 0 Å². The molecule has 0 bridgehead atoms. The molecule has 1 radical (unpaired) electrons. The Hall–Kier alpha value is -0.221. The van der Waals surface area contributed by atoms with E-state index in [0.29, 0.717) is 0 Å². The van der Waals surface area contributed by atoms with Gasteiger partial charge >= 0.3 is 112 Å². The maximum absolute atomic E-state index is 5.40. The van der Waals surface area contributed by atoms with E-state index in [1.807, 2.05) is 0 Å². The third-order valence-electron chi connectivity index (χ3n) is 3.20. The van der Waals surface area contributed by atoms with Gasteiger partial charge in [0.15, 0.2) is 0 Å². The Morgan fingerprint density at radius 2 is 2.00 bits per heavy atom. The van der Waals surface area contributed by atoms with Crippen molar-refractivity contribution in [2.45, 2.75) is 20.7 Å². The Labute approximate surface area is 112 Å². The van der Waals surface area contributed by atoms with E-state index in [-0.39, 0.29) is 0 Å². The number of hydrogen-bond acceptors (Lipinski definition) is 2. The van der Waals surface area contributed by atoms with Gasteiger partial charge in [0, 0.05) is 0 Å². The minimum atomic E-state index is -0.924. The quantitative estimate of drug-likeness (QED) is 0.783. The zero-order chi connectivity index (χ0) is 12.1. The molecule has 1 heterocycles. The summed E-state index contributed by atoms with van der Waals surface area (Å²) in [6, 6.07) is 9.08. The Kier molecular flexibility index (Phi) is 5.16. The van der Waals surface area contributed by atoms with Crippen molar-refractivity contribution in [1.29, 1.82) is 0 Å². The van der Waals surface area contributed by atoms with Gasteiger partial charge in [-0.25, -0.2) is 0 Å². The second-order valence-corrected chi connectivity index (χ2v) is 13.3. The van der Waals surface area contributed by atoms with E-state index in [1.165, 1.54) is 22.1 Å². The van der Waals surface area contributed by atoms with Gasteiger partial charge in [0.2, 0.25) is 0 Å². The van der Waals surface area contributed by atoms with Crippen LogP contribution >= 0.6 is 0 Å². The van der Waals surface area contributed by atoms with Crippen LogP contribution in [0.2, 0.25) is 14.3 Å². The molecule has 0 atom stereocenters. The van der Waals surface area contributed by atoms with Gasteiger partial charge in [-0.05, 0) is 0 Å². The average Bonchev–Trinajstić information content (AvgIpc) is 2.38. The van der Waals surface area contributed by atoms with Crippen LogP contribution in [0.25, 0.3) is 0 Å². The second kappa shape index (κ2) is 6.64. The fourth-order valence-corrected chi connectivity index (χ4v) is 4.38. The fourth-order valence-electron chi connectivity index (χ4n) is 2.12. The molecule has 0 aliphatic carbocycles. The summed E-state index contributed by atoms with van der Waals surface area (Å²) in [6.07, 6.45) is 1.28. The van der Waals surface area contributed by atoms with E-state index < -0.39 is 19.8 Å². The first-order valence-corrected chi connectivity index (χ1v) is 14.2. The molecule has 17 heavy (non-hydrogen) atoms. The number of nitrogens with zero attached hydrogens (tertiary/aromatic N) is 1. The van der Waals surface area contributed by atoms with Gasteiger partial charge in [0.05, 0.1) is 0 Å². The summed E-state index contributed by atoms with van der Waals surface area (Å²) in [7, 11) is 0. The Morgan fingerprint density at radius 1 is 1.24 bits per heavy atom. The summed E-state index contributed by atoms with van der Waals surface area (Å²) in [5.41, 5.74) is 2.89. The van der Waals surface area contributed by atoms with E-state index in [4.69, 9.17) is 4.74 Å². The summed E-state index contributed by atoms with van der Waals surface area (Å²) >= 11 is -0.924. The molecule has 2 rings (SSSR count). The van der Waals surface area contributed by atoms with Crippen molar-refractivity contribution in [3.63, 3.8) is 0 Å². The first-order chi connectivity index (χ1) is 8.25. The maximum atomic E-state index is 5.40. The van der Waals surface area contributed by atoms with Crippen LogP contribution in [0.4, 0.5) is 5.69 Å². The number of benzene rings is 1. The molecule has 93 valence electrons. The molecule has 0 spiro atoms. The van der Waals surface area contributed by atoms with E-state index in [2.05, 4.69) is 39.0 Å². The summed E-state index contributed by atoms with van der Waals surface area (Å²) in [4.78, 5) is 7.40. The second-order valence-electron chi connectivity index (χ2n) is 4.98. The summed E-state index contributed by atoms with van der Waals surface area (Å²) in [6.45, 7) is 3.80. The van der Waals surface area contributed by atoms with Crippen molar-refractivity contribution in [2.24, 2.45) is 0 Å². The summed E-state index contributed by atoms with van der Waals surface area (Å²) in [5.74, 6) is 0. The minimum absolute atomic E-state index is 0.867. The SMILES string of the molecule is [CH3][Sn]([CH3])[CH2]Cc1cccc(N2CCOCC2)c1. The van der Waals surface area contributed by atoms with Crippen LogP contribution in [0.15, 0.2) is 24.3 Å². The molecule has 0 N–H and O–H groups in total. The van der Waals surface area contributed by atoms with Crippen molar-refractivity contribution in [1.82, 2.24) is 0 Å². The zero-order valence-corrected chi connectivity index (χ0v) is 13.8. The molecule has 1 aromatic rings. The summed E-state index contributed by atoms with van der Waals surface area (Å²) in [5, 5.41) is 0. The first kappa shape index (κ1) is 13.2. The van der Waals surface area contributed by atoms with E-state index in [0.717, 1.165) is 26.3 Å². The number of aryl methyl sites for hydroxylation is 1. The number of hydrogen-bond donors (Lipinski definition) is 0. The molecule has 0 unspecified atom stereocenters. The average molecular weight is 339 g/mol. The Balaban J connectivity index is 2.00. The molecule has 2 nitrogen and oxygen atoms in total. The zero-order valence-electron chi connectivity index (χ0n) is 10.9. The number of morpholine rings is 1. The van der Waals surface area contributed by atoms with Gasteiger partial charge in [0.1, 0.15) is 0 Å². The fraction of sp³-hybridized carbons (Fsp3) is 0.571. The van der Waals surface area contributed by atoms with Gasteiger partial charge in [-0.3, -0.25) is 0 Å². The topological polar surface area (TPSA) is 12.5 Å². The van der Waals surface area contributed by atoms with Gasteiger partial charge in [-0.15, -0.1) is 0 Å². The molecule has 1 aliphatic rings. The number of anilines is 1. The van der Waals surface area contributed by atoms with Crippen molar-refractivity contribution in [3.8, 4) is 0 Å². The van der Waals surface area contributed by atoms with Crippen LogP contribution in [0.1, 0.15) is 5.56 Å². The van der Waals surface area contributed by atoms with Crippen molar-refractivity contribution in [3.05, 3.63) is 29.8 Å². The molecule has 1 aromatic carbocycles. The number of ether oxygens (including phenoxy) is 1. The third kappa shape index (κ3) is 4.18. The first-order valence-electron chi connectivity index (χ1n) is 6.46. The van der Waals surface area contributed by atoms with Crippen molar-refractivity contribution < 1.29 is 4.74 Å². The molecule has 1 fully saturated rings. The van der Waals surface area contributed by atoms with Gasteiger partial charge in [0.25, 0.3) is 0 Å². The van der Waals surface area contributed by atoms with E-state index in [1.54, 1.807) is 0 Å². The summed E-state index contributed by atoms with van der Waals surface area (Å²) < 4.78 is 6.86. The van der Waals surface area contributed by atoms with Crippen LogP contribution in [-0.2, 0) is 11.2 Å². The molecule has 0 saturated carbocycles. The molecule has 0 aromatic heterocycles. The Bertz CT molecular complexity index is 348. The Morgan fingerprint density at radius 3 is 2.71 bits per heavy atom. The van der Waals surface area contributed by atoms with Crippen LogP contribution in [0.5, 0.6) is 0 Å². The molecular weight excluding hydrogens is 317 g/mol. The van der Waals surface area contributed by atoms with Crippen molar-refractivity contribution in [2.75, 3.05) is 31.2 Å². The monoisotopic (exact) mass is 340 g/mol. The van der Waals surface area contributed by atoms with Gasteiger partial charge in [-0.1, -0.05) is 0 Å². The molecule has 0 amide bonds. The predicted octanol–water partition coefficient (Wildman–Crippen LogP) is 2.82.